The van der Waals surface area contributed by atoms with Crippen molar-refractivity contribution in [3.8, 4) is 0 Å². The zero-order valence-corrected chi connectivity index (χ0v) is 12.9. The SMILES string of the molecule is CCCC1CC(O)(C(C)C(=O)OC(C)(C)C)CCO1. The van der Waals surface area contributed by atoms with Crippen LogP contribution in [0.15, 0.2) is 0 Å². The van der Waals surface area contributed by atoms with Crippen LogP contribution in [0.1, 0.15) is 60.3 Å². The van der Waals surface area contributed by atoms with Crippen LogP contribution in [0.2, 0.25) is 0 Å². The second-order valence-electron chi connectivity index (χ2n) is 6.59. The Morgan fingerprint density at radius 3 is 2.68 bits per heavy atom. The number of esters is 1. The molecular formula is C15H28O4. The molecule has 0 saturated carbocycles. The number of carbonyl (C=O) groups excluding carboxylic acids is 1. The van der Waals surface area contributed by atoms with Gasteiger partial charge in [-0.1, -0.05) is 13.3 Å². The normalized spacial score (nSPS) is 29.9. The third kappa shape index (κ3) is 4.77. The molecule has 0 spiro atoms. The predicted molar refractivity (Wildman–Crippen MR) is 73.8 cm³/mol. The quantitative estimate of drug-likeness (QED) is 0.799. The lowest BCUT2D eigenvalue weighted by Gasteiger charge is -2.40. The van der Waals surface area contributed by atoms with Crippen molar-refractivity contribution < 1.29 is 19.4 Å². The van der Waals surface area contributed by atoms with Crippen molar-refractivity contribution in [2.24, 2.45) is 5.92 Å². The molecule has 0 amide bonds. The van der Waals surface area contributed by atoms with Gasteiger partial charge in [-0.15, -0.1) is 0 Å². The number of hydrogen-bond acceptors (Lipinski definition) is 4. The minimum Gasteiger partial charge on any atom is -0.460 e. The highest BCUT2D eigenvalue weighted by Gasteiger charge is 2.44. The predicted octanol–water partition coefficient (Wildman–Crippen LogP) is 2.67. The number of hydrogen-bond donors (Lipinski definition) is 1. The van der Waals surface area contributed by atoms with Crippen molar-refractivity contribution in [3.63, 3.8) is 0 Å². The highest BCUT2D eigenvalue weighted by atomic mass is 16.6. The lowest BCUT2D eigenvalue weighted by Crippen LogP contribution is -2.49. The second-order valence-corrected chi connectivity index (χ2v) is 6.59. The van der Waals surface area contributed by atoms with Gasteiger partial charge in [-0.05, 0) is 34.1 Å². The van der Waals surface area contributed by atoms with Crippen LogP contribution in [-0.2, 0) is 14.3 Å². The minimum atomic E-state index is -1.000. The van der Waals surface area contributed by atoms with Crippen molar-refractivity contribution in [2.45, 2.75) is 77.6 Å². The van der Waals surface area contributed by atoms with E-state index in [0.29, 0.717) is 19.4 Å². The van der Waals surface area contributed by atoms with Crippen LogP contribution in [0.5, 0.6) is 0 Å². The van der Waals surface area contributed by atoms with Gasteiger partial charge in [0.15, 0.2) is 0 Å². The van der Waals surface area contributed by atoms with Gasteiger partial charge in [-0.2, -0.15) is 0 Å². The van der Waals surface area contributed by atoms with Crippen LogP contribution in [0.3, 0.4) is 0 Å². The van der Waals surface area contributed by atoms with Crippen molar-refractivity contribution in [1.82, 2.24) is 0 Å². The summed E-state index contributed by atoms with van der Waals surface area (Å²) in [5, 5.41) is 10.7. The van der Waals surface area contributed by atoms with Crippen molar-refractivity contribution in [3.05, 3.63) is 0 Å². The molecule has 0 aliphatic carbocycles. The minimum absolute atomic E-state index is 0.0497. The van der Waals surface area contributed by atoms with Gasteiger partial charge >= 0.3 is 5.97 Å². The van der Waals surface area contributed by atoms with Crippen molar-refractivity contribution in [2.75, 3.05) is 6.61 Å². The Bertz CT molecular complexity index is 306. The molecule has 0 aromatic heterocycles. The topological polar surface area (TPSA) is 55.8 Å². The van der Waals surface area contributed by atoms with E-state index in [1.165, 1.54) is 0 Å². The van der Waals surface area contributed by atoms with Crippen LogP contribution in [-0.4, -0.2) is 35.0 Å². The first-order valence-corrected chi connectivity index (χ1v) is 7.25. The Hall–Kier alpha value is -0.610. The molecule has 0 radical (unpaired) electrons. The Balaban J connectivity index is 2.67. The van der Waals surface area contributed by atoms with E-state index in [1.54, 1.807) is 6.92 Å². The summed E-state index contributed by atoms with van der Waals surface area (Å²) in [5.74, 6) is -0.845. The molecular weight excluding hydrogens is 244 g/mol. The molecule has 3 atom stereocenters. The molecule has 3 unspecified atom stereocenters. The summed E-state index contributed by atoms with van der Waals surface area (Å²) in [7, 11) is 0. The molecule has 4 heteroatoms. The summed E-state index contributed by atoms with van der Waals surface area (Å²) in [5.41, 5.74) is -1.52. The molecule has 112 valence electrons. The standard InChI is InChI=1S/C15H28O4/c1-6-7-12-10-15(17,8-9-18-12)11(2)13(16)19-14(3,4)5/h11-12,17H,6-10H2,1-5H3. The molecule has 1 aliphatic rings. The number of rotatable bonds is 4. The van der Waals surface area contributed by atoms with Crippen LogP contribution in [0.25, 0.3) is 0 Å². The summed E-state index contributed by atoms with van der Waals surface area (Å²) in [6, 6.07) is 0. The van der Waals surface area contributed by atoms with E-state index in [1.807, 2.05) is 20.8 Å². The fourth-order valence-electron chi connectivity index (χ4n) is 2.47. The van der Waals surface area contributed by atoms with E-state index < -0.39 is 17.1 Å². The van der Waals surface area contributed by atoms with Crippen LogP contribution < -0.4 is 0 Å². The van der Waals surface area contributed by atoms with E-state index in [-0.39, 0.29) is 12.1 Å². The van der Waals surface area contributed by atoms with E-state index in [9.17, 15) is 9.90 Å². The first kappa shape index (κ1) is 16.4. The van der Waals surface area contributed by atoms with Gasteiger partial charge in [0.05, 0.1) is 17.6 Å². The lowest BCUT2D eigenvalue weighted by molar-refractivity contribution is -0.180. The molecule has 0 aromatic carbocycles. The second kappa shape index (κ2) is 6.23. The van der Waals surface area contributed by atoms with Crippen molar-refractivity contribution >= 4 is 5.97 Å². The average molecular weight is 272 g/mol. The van der Waals surface area contributed by atoms with Crippen LogP contribution in [0.4, 0.5) is 0 Å². The first-order chi connectivity index (χ1) is 8.68. The molecule has 0 bridgehead atoms. The highest BCUT2D eigenvalue weighted by molar-refractivity contribution is 5.74. The fourth-order valence-corrected chi connectivity index (χ4v) is 2.47. The van der Waals surface area contributed by atoms with Crippen LogP contribution in [0, 0.1) is 5.92 Å². The monoisotopic (exact) mass is 272 g/mol. The summed E-state index contributed by atoms with van der Waals surface area (Å²) < 4.78 is 11.0. The largest absolute Gasteiger partial charge is 0.460 e. The maximum atomic E-state index is 12.1. The van der Waals surface area contributed by atoms with Gasteiger partial charge in [0.25, 0.3) is 0 Å². The highest BCUT2D eigenvalue weighted by Crippen LogP contribution is 2.34. The fraction of sp³-hybridized carbons (Fsp3) is 0.933. The van der Waals surface area contributed by atoms with Gasteiger partial charge in [0.1, 0.15) is 5.60 Å². The van der Waals surface area contributed by atoms with E-state index in [0.717, 1.165) is 12.8 Å². The van der Waals surface area contributed by atoms with Gasteiger partial charge in [-0.3, -0.25) is 4.79 Å². The van der Waals surface area contributed by atoms with Gasteiger partial charge < -0.3 is 14.6 Å². The molecule has 0 aromatic rings. The maximum Gasteiger partial charge on any atom is 0.312 e. The zero-order chi connectivity index (χ0) is 14.7. The summed E-state index contributed by atoms with van der Waals surface area (Å²) in [6.45, 7) is 9.87. The Kier molecular flexibility index (Phi) is 5.39. The van der Waals surface area contributed by atoms with Crippen molar-refractivity contribution in [1.29, 1.82) is 0 Å². The summed E-state index contributed by atoms with van der Waals surface area (Å²) in [4.78, 5) is 12.1. The van der Waals surface area contributed by atoms with Gasteiger partial charge in [0, 0.05) is 19.4 Å². The van der Waals surface area contributed by atoms with E-state index in [4.69, 9.17) is 9.47 Å². The molecule has 4 nitrogen and oxygen atoms in total. The molecule has 1 rings (SSSR count). The number of carbonyl (C=O) groups is 1. The molecule has 1 saturated heterocycles. The molecule has 1 aliphatic heterocycles. The lowest BCUT2D eigenvalue weighted by atomic mass is 9.79. The van der Waals surface area contributed by atoms with Gasteiger partial charge in [0.2, 0.25) is 0 Å². The van der Waals surface area contributed by atoms with E-state index in [2.05, 4.69) is 6.92 Å². The average Bonchev–Trinajstić information content (AvgIpc) is 2.26. The Labute approximate surface area is 116 Å². The summed E-state index contributed by atoms with van der Waals surface area (Å²) >= 11 is 0. The molecule has 1 heterocycles. The molecule has 1 N–H and O–H groups in total. The number of ether oxygens (including phenoxy) is 2. The molecule has 19 heavy (non-hydrogen) atoms. The Morgan fingerprint density at radius 2 is 2.16 bits per heavy atom. The van der Waals surface area contributed by atoms with Crippen LogP contribution >= 0.6 is 0 Å². The number of aliphatic hydroxyl groups is 1. The summed E-state index contributed by atoms with van der Waals surface area (Å²) in [6.07, 6.45) is 2.99. The zero-order valence-electron chi connectivity index (χ0n) is 12.9. The van der Waals surface area contributed by atoms with Gasteiger partial charge in [-0.25, -0.2) is 0 Å². The Morgan fingerprint density at radius 1 is 1.53 bits per heavy atom. The van der Waals surface area contributed by atoms with E-state index >= 15 is 0 Å². The first-order valence-electron chi connectivity index (χ1n) is 7.25. The molecule has 1 fully saturated rings. The smallest absolute Gasteiger partial charge is 0.312 e. The maximum absolute atomic E-state index is 12.1. The third-order valence-corrected chi connectivity index (χ3v) is 3.65. The third-order valence-electron chi connectivity index (χ3n) is 3.65.